The van der Waals surface area contributed by atoms with Gasteiger partial charge in [0.15, 0.2) is 12.1 Å². The molecule has 0 atom stereocenters. The minimum absolute atomic E-state index is 0.153. The van der Waals surface area contributed by atoms with Crippen LogP contribution in [-0.2, 0) is 4.79 Å². The smallest absolute Gasteiger partial charge is 0.169 e. The third-order valence-corrected chi connectivity index (χ3v) is 2.72. The van der Waals surface area contributed by atoms with Crippen LogP contribution < -0.4 is 0 Å². The highest BCUT2D eigenvalue weighted by atomic mass is 16.3. The summed E-state index contributed by atoms with van der Waals surface area (Å²) in [6.07, 6.45) is 3.92. The Balaban J connectivity index is 3.45. The first-order valence-electron chi connectivity index (χ1n) is 6.17. The fourth-order valence-electron chi connectivity index (χ4n) is 1.72. The van der Waals surface area contributed by atoms with E-state index in [-0.39, 0.29) is 23.0 Å². The molecule has 0 radical (unpaired) electrons. The first-order valence-corrected chi connectivity index (χ1v) is 6.17. The highest BCUT2D eigenvalue weighted by molar-refractivity contribution is 6.05. The SMILES string of the molecule is C/C=C\C(C(=O)C(C)C)=C(O)c1ccccc1C=O. The third-order valence-electron chi connectivity index (χ3n) is 2.72. The molecular formula is C16H18O3. The van der Waals surface area contributed by atoms with E-state index in [9.17, 15) is 14.7 Å². The molecule has 0 aromatic heterocycles. The number of ketones is 1. The van der Waals surface area contributed by atoms with Gasteiger partial charge in [-0.1, -0.05) is 50.3 Å². The molecule has 0 unspecified atom stereocenters. The van der Waals surface area contributed by atoms with E-state index in [0.29, 0.717) is 17.4 Å². The van der Waals surface area contributed by atoms with Crippen LogP contribution in [0.5, 0.6) is 0 Å². The second-order valence-corrected chi connectivity index (χ2v) is 4.49. The molecule has 0 saturated heterocycles. The van der Waals surface area contributed by atoms with Crippen molar-refractivity contribution in [3.05, 3.63) is 53.1 Å². The standard InChI is InChI=1S/C16H18O3/c1-4-7-14(15(18)11(2)3)16(19)13-9-6-5-8-12(13)10-17/h4-11,19H,1-3H3/b7-4-,16-14?. The highest BCUT2D eigenvalue weighted by Gasteiger charge is 2.18. The molecule has 0 amide bonds. The second-order valence-electron chi connectivity index (χ2n) is 4.49. The lowest BCUT2D eigenvalue weighted by Gasteiger charge is -2.10. The van der Waals surface area contributed by atoms with Gasteiger partial charge in [-0.05, 0) is 6.92 Å². The van der Waals surface area contributed by atoms with Crippen molar-refractivity contribution in [1.82, 2.24) is 0 Å². The van der Waals surface area contributed by atoms with Crippen LogP contribution in [0.2, 0.25) is 0 Å². The fourth-order valence-corrected chi connectivity index (χ4v) is 1.72. The predicted octanol–water partition coefficient (Wildman–Crippen LogP) is 3.57. The summed E-state index contributed by atoms with van der Waals surface area (Å²) in [6, 6.07) is 6.65. The molecule has 0 fully saturated rings. The predicted molar refractivity (Wildman–Crippen MR) is 76.0 cm³/mol. The number of rotatable bonds is 5. The maximum atomic E-state index is 12.1. The Morgan fingerprint density at radius 1 is 1.26 bits per heavy atom. The molecular weight excluding hydrogens is 240 g/mol. The van der Waals surface area contributed by atoms with Crippen molar-refractivity contribution in [3.63, 3.8) is 0 Å². The first kappa shape index (κ1) is 14.9. The lowest BCUT2D eigenvalue weighted by atomic mass is 9.95. The van der Waals surface area contributed by atoms with Crippen LogP contribution in [0.3, 0.4) is 0 Å². The van der Waals surface area contributed by atoms with Crippen LogP contribution in [0, 0.1) is 5.92 Å². The maximum absolute atomic E-state index is 12.1. The zero-order valence-corrected chi connectivity index (χ0v) is 11.4. The van der Waals surface area contributed by atoms with Gasteiger partial charge in [-0.25, -0.2) is 0 Å². The summed E-state index contributed by atoms with van der Waals surface area (Å²) in [5.74, 6) is -0.535. The first-order chi connectivity index (χ1) is 9.02. The van der Waals surface area contributed by atoms with Crippen LogP contribution in [-0.4, -0.2) is 17.2 Å². The Labute approximate surface area is 113 Å². The number of allylic oxidation sites excluding steroid dienone is 3. The van der Waals surface area contributed by atoms with Crippen molar-refractivity contribution in [2.24, 2.45) is 5.92 Å². The number of aliphatic hydroxyl groups excluding tert-OH is 1. The third kappa shape index (κ3) is 3.41. The van der Waals surface area contributed by atoms with Gasteiger partial charge in [0.05, 0.1) is 5.57 Å². The molecule has 0 spiro atoms. The van der Waals surface area contributed by atoms with E-state index >= 15 is 0 Å². The van der Waals surface area contributed by atoms with E-state index in [1.54, 1.807) is 57.2 Å². The number of Topliss-reactive ketones (excluding diaryl/α,β-unsaturated/α-hetero) is 1. The Morgan fingerprint density at radius 3 is 2.42 bits per heavy atom. The molecule has 3 heteroatoms. The molecule has 0 heterocycles. The minimum atomic E-state index is -0.225. The van der Waals surface area contributed by atoms with E-state index in [4.69, 9.17) is 0 Å². The lowest BCUT2D eigenvalue weighted by molar-refractivity contribution is -0.117. The summed E-state index contributed by atoms with van der Waals surface area (Å²) >= 11 is 0. The van der Waals surface area contributed by atoms with E-state index in [2.05, 4.69) is 0 Å². The summed E-state index contributed by atoms with van der Waals surface area (Å²) in [5.41, 5.74) is 0.963. The van der Waals surface area contributed by atoms with Crippen molar-refractivity contribution in [3.8, 4) is 0 Å². The molecule has 1 N–H and O–H groups in total. The number of aliphatic hydroxyl groups is 1. The van der Waals surface area contributed by atoms with Gasteiger partial charge in [0.1, 0.15) is 5.76 Å². The average Bonchev–Trinajstić information content (AvgIpc) is 2.43. The summed E-state index contributed by atoms with van der Waals surface area (Å²) in [4.78, 5) is 23.1. The summed E-state index contributed by atoms with van der Waals surface area (Å²) in [7, 11) is 0. The molecule has 0 saturated carbocycles. The van der Waals surface area contributed by atoms with Gasteiger partial charge in [-0.3, -0.25) is 9.59 Å². The Hall–Kier alpha value is -2.16. The van der Waals surface area contributed by atoms with Crippen molar-refractivity contribution in [1.29, 1.82) is 0 Å². The largest absolute Gasteiger partial charge is 0.507 e. The number of hydrogen-bond acceptors (Lipinski definition) is 3. The van der Waals surface area contributed by atoms with Crippen molar-refractivity contribution < 1.29 is 14.7 Å². The summed E-state index contributed by atoms with van der Waals surface area (Å²) in [5, 5.41) is 10.3. The Morgan fingerprint density at radius 2 is 1.89 bits per heavy atom. The molecule has 1 aromatic carbocycles. The normalized spacial score (nSPS) is 12.6. The van der Waals surface area contributed by atoms with Gasteiger partial charge >= 0.3 is 0 Å². The number of carbonyl (C=O) groups is 2. The van der Waals surface area contributed by atoms with E-state index in [1.165, 1.54) is 0 Å². The van der Waals surface area contributed by atoms with Crippen LogP contribution in [0.25, 0.3) is 5.76 Å². The van der Waals surface area contributed by atoms with Crippen molar-refractivity contribution in [2.75, 3.05) is 0 Å². The number of benzene rings is 1. The van der Waals surface area contributed by atoms with Gasteiger partial charge in [0.25, 0.3) is 0 Å². The molecule has 100 valence electrons. The lowest BCUT2D eigenvalue weighted by Crippen LogP contribution is -2.11. The number of hydrogen-bond donors (Lipinski definition) is 1. The quantitative estimate of drug-likeness (QED) is 0.380. The zero-order valence-electron chi connectivity index (χ0n) is 11.4. The van der Waals surface area contributed by atoms with E-state index in [0.717, 1.165) is 0 Å². The Bertz CT molecular complexity index is 537. The highest BCUT2D eigenvalue weighted by Crippen LogP contribution is 2.22. The Kier molecular flexibility index (Phi) is 5.24. The van der Waals surface area contributed by atoms with E-state index in [1.807, 2.05) is 0 Å². The molecule has 1 rings (SSSR count). The van der Waals surface area contributed by atoms with Crippen LogP contribution >= 0.6 is 0 Å². The van der Waals surface area contributed by atoms with Crippen molar-refractivity contribution >= 4 is 17.8 Å². The van der Waals surface area contributed by atoms with Crippen molar-refractivity contribution in [2.45, 2.75) is 20.8 Å². The van der Waals surface area contributed by atoms with Crippen LogP contribution in [0.15, 0.2) is 42.0 Å². The molecule has 1 aromatic rings. The average molecular weight is 258 g/mol. The zero-order chi connectivity index (χ0) is 14.4. The van der Waals surface area contributed by atoms with Gasteiger partial charge in [-0.15, -0.1) is 0 Å². The molecule has 0 aliphatic carbocycles. The maximum Gasteiger partial charge on any atom is 0.169 e. The van der Waals surface area contributed by atoms with Crippen LogP contribution in [0.4, 0.5) is 0 Å². The molecule has 0 aliphatic rings. The summed E-state index contributed by atoms with van der Waals surface area (Å²) < 4.78 is 0. The molecule has 0 bridgehead atoms. The molecule has 0 aliphatic heterocycles. The molecule has 19 heavy (non-hydrogen) atoms. The monoisotopic (exact) mass is 258 g/mol. The topological polar surface area (TPSA) is 54.4 Å². The number of carbonyl (C=O) groups excluding carboxylic acids is 2. The van der Waals surface area contributed by atoms with Gasteiger partial charge in [0, 0.05) is 17.0 Å². The van der Waals surface area contributed by atoms with Gasteiger partial charge in [0.2, 0.25) is 0 Å². The van der Waals surface area contributed by atoms with Crippen LogP contribution in [0.1, 0.15) is 36.7 Å². The molecule has 3 nitrogen and oxygen atoms in total. The fraction of sp³-hybridized carbons (Fsp3) is 0.250. The summed E-state index contributed by atoms with van der Waals surface area (Å²) in [6.45, 7) is 5.31. The van der Waals surface area contributed by atoms with Gasteiger partial charge in [-0.2, -0.15) is 0 Å². The van der Waals surface area contributed by atoms with E-state index < -0.39 is 0 Å². The second kappa shape index (κ2) is 6.69. The minimum Gasteiger partial charge on any atom is -0.507 e. The number of aldehydes is 1. The van der Waals surface area contributed by atoms with Gasteiger partial charge < -0.3 is 5.11 Å².